The van der Waals surface area contributed by atoms with Crippen LogP contribution in [0.1, 0.15) is 61.8 Å². The molecule has 2 aliphatic rings. The summed E-state index contributed by atoms with van der Waals surface area (Å²) < 4.78 is 12.1. The van der Waals surface area contributed by atoms with Crippen molar-refractivity contribution in [3.63, 3.8) is 0 Å². The molecule has 1 saturated heterocycles. The number of thiocarbonyl (C=S) groups is 1. The molecule has 2 N–H and O–H groups in total. The Bertz CT molecular complexity index is 1030. The summed E-state index contributed by atoms with van der Waals surface area (Å²) >= 11 is 5.53. The van der Waals surface area contributed by atoms with Crippen molar-refractivity contribution in [2.45, 2.75) is 64.6 Å². The molecule has 5 nitrogen and oxygen atoms in total. The summed E-state index contributed by atoms with van der Waals surface area (Å²) in [5.41, 5.74) is 3.58. The molecule has 158 valence electrons. The second kappa shape index (κ2) is 7.27. The van der Waals surface area contributed by atoms with Crippen LogP contribution in [-0.4, -0.2) is 22.3 Å². The quantitative estimate of drug-likeness (QED) is 0.421. The molecule has 2 aromatic rings. The van der Waals surface area contributed by atoms with Crippen LogP contribution in [0.4, 0.5) is 0 Å². The van der Waals surface area contributed by atoms with Gasteiger partial charge in [0, 0.05) is 42.3 Å². The fourth-order valence-corrected chi connectivity index (χ4v) is 5.30. The van der Waals surface area contributed by atoms with Gasteiger partial charge in [-0.25, -0.2) is 0 Å². The monoisotopic (exact) mass is 424 g/mol. The lowest BCUT2D eigenvalue weighted by Gasteiger charge is -2.51. The zero-order chi connectivity index (χ0) is 21.7. The van der Waals surface area contributed by atoms with Gasteiger partial charge < -0.3 is 20.1 Å². The first kappa shape index (κ1) is 20.7. The van der Waals surface area contributed by atoms with Crippen molar-refractivity contribution in [1.29, 1.82) is 0 Å². The topological polar surface area (TPSA) is 59.6 Å². The maximum Gasteiger partial charge on any atom is 0.308 e. The number of ether oxygens (including phenoxy) is 2. The van der Waals surface area contributed by atoms with Crippen LogP contribution >= 0.6 is 12.2 Å². The molecular weight excluding hydrogens is 396 g/mol. The number of esters is 1. The number of carbonyl (C=O) groups excluding carboxylic acids is 1. The Kier molecular flexibility index (Phi) is 5.01. The SMILES string of the molecule is CC(=O)Oc1ccc2c(c1C)OC1(CC2c2ccccc2C)CC(C)(C)NC(=S)N1. The van der Waals surface area contributed by atoms with Gasteiger partial charge in [-0.05, 0) is 57.1 Å². The minimum absolute atomic E-state index is 0.129. The van der Waals surface area contributed by atoms with E-state index in [2.05, 4.69) is 55.7 Å². The highest BCUT2D eigenvalue weighted by molar-refractivity contribution is 7.80. The zero-order valence-corrected chi connectivity index (χ0v) is 18.9. The van der Waals surface area contributed by atoms with Gasteiger partial charge in [-0.3, -0.25) is 4.79 Å². The Hall–Kier alpha value is -2.60. The summed E-state index contributed by atoms with van der Waals surface area (Å²) in [4.78, 5) is 11.6. The van der Waals surface area contributed by atoms with Gasteiger partial charge in [0.1, 0.15) is 11.5 Å². The van der Waals surface area contributed by atoms with Gasteiger partial charge in [0.25, 0.3) is 0 Å². The van der Waals surface area contributed by atoms with Crippen LogP contribution < -0.4 is 20.1 Å². The molecular formula is C24H28N2O3S. The molecule has 0 amide bonds. The fraction of sp³-hybridized carbons (Fsp3) is 0.417. The van der Waals surface area contributed by atoms with Crippen LogP contribution in [0.5, 0.6) is 11.5 Å². The van der Waals surface area contributed by atoms with Crippen LogP contribution in [0.15, 0.2) is 36.4 Å². The maximum absolute atomic E-state index is 11.6. The van der Waals surface area contributed by atoms with Crippen molar-refractivity contribution in [3.05, 3.63) is 58.7 Å². The number of nitrogens with one attached hydrogen (secondary N) is 2. The average Bonchev–Trinajstić information content (AvgIpc) is 2.62. The molecule has 1 spiro atoms. The molecule has 0 aromatic heterocycles. The molecule has 30 heavy (non-hydrogen) atoms. The van der Waals surface area contributed by atoms with Gasteiger partial charge in [-0.2, -0.15) is 0 Å². The second-order valence-electron chi connectivity index (χ2n) is 9.05. The van der Waals surface area contributed by atoms with Crippen molar-refractivity contribution < 1.29 is 14.3 Å². The van der Waals surface area contributed by atoms with E-state index in [1.54, 1.807) is 0 Å². The molecule has 1 fully saturated rings. The fourth-order valence-electron chi connectivity index (χ4n) is 4.83. The molecule has 2 aromatic carbocycles. The smallest absolute Gasteiger partial charge is 0.308 e. The number of hydrogen-bond donors (Lipinski definition) is 2. The van der Waals surface area contributed by atoms with E-state index in [1.165, 1.54) is 18.1 Å². The normalized spacial score (nSPS) is 24.3. The Balaban J connectivity index is 1.88. The van der Waals surface area contributed by atoms with E-state index in [1.807, 2.05) is 19.1 Å². The van der Waals surface area contributed by atoms with E-state index >= 15 is 0 Å². The third-order valence-corrected chi connectivity index (χ3v) is 6.14. The molecule has 6 heteroatoms. The summed E-state index contributed by atoms with van der Waals surface area (Å²) in [5.74, 6) is 1.07. The van der Waals surface area contributed by atoms with Crippen LogP contribution in [0, 0.1) is 13.8 Å². The van der Waals surface area contributed by atoms with Gasteiger partial charge >= 0.3 is 5.97 Å². The van der Waals surface area contributed by atoms with Crippen molar-refractivity contribution in [3.8, 4) is 11.5 Å². The van der Waals surface area contributed by atoms with Crippen LogP contribution in [0.2, 0.25) is 0 Å². The summed E-state index contributed by atoms with van der Waals surface area (Å²) in [7, 11) is 0. The van der Waals surface area contributed by atoms with Crippen LogP contribution in [-0.2, 0) is 4.79 Å². The zero-order valence-electron chi connectivity index (χ0n) is 18.1. The van der Waals surface area contributed by atoms with Gasteiger partial charge in [0.05, 0.1) is 0 Å². The highest BCUT2D eigenvalue weighted by atomic mass is 32.1. The Morgan fingerprint density at radius 2 is 1.87 bits per heavy atom. The standard InChI is InChI=1S/C24H28N2O3S/c1-14-8-6-7-9-17(14)19-12-24(13-23(4,5)25-22(30)26-24)29-21-15(2)20(28-16(3)27)11-10-18(19)21/h6-11,19H,12-13H2,1-5H3,(H2,25,26,30). The van der Waals surface area contributed by atoms with E-state index in [-0.39, 0.29) is 17.4 Å². The highest BCUT2D eigenvalue weighted by Gasteiger charge is 2.49. The van der Waals surface area contributed by atoms with Crippen LogP contribution in [0.25, 0.3) is 0 Å². The molecule has 0 radical (unpaired) electrons. The van der Waals surface area contributed by atoms with E-state index in [9.17, 15) is 4.79 Å². The minimum atomic E-state index is -0.647. The number of aryl methyl sites for hydroxylation is 1. The molecule has 0 bridgehead atoms. The summed E-state index contributed by atoms with van der Waals surface area (Å²) in [6.45, 7) is 9.75. The number of rotatable bonds is 2. The number of benzene rings is 2. The first-order chi connectivity index (χ1) is 14.1. The van der Waals surface area contributed by atoms with E-state index in [4.69, 9.17) is 21.7 Å². The molecule has 0 aliphatic carbocycles. The van der Waals surface area contributed by atoms with Crippen molar-refractivity contribution in [2.75, 3.05) is 0 Å². The summed E-state index contributed by atoms with van der Waals surface area (Å²) in [5, 5.41) is 7.36. The molecule has 4 rings (SSSR count). The minimum Gasteiger partial charge on any atom is -0.467 e. The van der Waals surface area contributed by atoms with E-state index in [0.717, 1.165) is 29.7 Å². The average molecular weight is 425 g/mol. The van der Waals surface area contributed by atoms with Crippen LogP contribution in [0.3, 0.4) is 0 Å². The van der Waals surface area contributed by atoms with Crippen molar-refractivity contribution in [2.24, 2.45) is 0 Å². The largest absolute Gasteiger partial charge is 0.467 e. The van der Waals surface area contributed by atoms with E-state index < -0.39 is 5.72 Å². The van der Waals surface area contributed by atoms with Gasteiger partial charge in [0.15, 0.2) is 10.8 Å². The number of hydrogen-bond acceptors (Lipinski definition) is 4. The van der Waals surface area contributed by atoms with Crippen molar-refractivity contribution in [1.82, 2.24) is 10.6 Å². The summed E-state index contributed by atoms with van der Waals surface area (Å²) in [6.07, 6.45) is 1.49. The highest BCUT2D eigenvalue weighted by Crippen LogP contribution is 2.50. The molecule has 2 unspecified atom stereocenters. The second-order valence-corrected chi connectivity index (χ2v) is 9.46. The predicted molar refractivity (Wildman–Crippen MR) is 121 cm³/mol. The Morgan fingerprint density at radius 3 is 2.53 bits per heavy atom. The molecule has 2 atom stereocenters. The third kappa shape index (κ3) is 3.76. The van der Waals surface area contributed by atoms with Crippen molar-refractivity contribution >= 4 is 23.3 Å². The summed E-state index contributed by atoms with van der Waals surface area (Å²) in [6, 6.07) is 12.4. The van der Waals surface area contributed by atoms with Gasteiger partial charge in [-0.15, -0.1) is 0 Å². The lowest BCUT2D eigenvalue weighted by Crippen LogP contribution is -2.69. The number of fused-ring (bicyclic) bond motifs is 1. The lowest BCUT2D eigenvalue weighted by molar-refractivity contribution is -0.131. The van der Waals surface area contributed by atoms with Gasteiger partial charge in [0.2, 0.25) is 0 Å². The molecule has 0 saturated carbocycles. The van der Waals surface area contributed by atoms with E-state index in [0.29, 0.717) is 10.9 Å². The Labute approximate surface area is 183 Å². The lowest BCUT2D eigenvalue weighted by atomic mass is 9.76. The predicted octanol–water partition coefficient (Wildman–Crippen LogP) is 4.49. The molecule has 2 heterocycles. The first-order valence-electron chi connectivity index (χ1n) is 10.3. The third-order valence-electron chi connectivity index (χ3n) is 5.93. The first-order valence-corrected chi connectivity index (χ1v) is 10.7. The number of carbonyl (C=O) groups is 1. The molecule has 2 aliphatic heterocycles. The maximum atomic E-state index is 11.6. The van der Waals surface area contributed by atoms with Gasteiger partial charge in [-0.1, -0.05) is 30.3 Å². The Morgan fingerprint density at radius 1 is 1.13 bits per heavy atom.